The van der Waals surface area contributed by atoms with Gasteiger partial charge in [-0.3, -0.25) is 0 Å². The summed E-state index contributed by atoms with van der Waals surface area (Å²) in [6.45, 7) is 0.209. The van der Waals surface area contributed by atoms with Gasteiger partial charge in [-0.2, -0.15) is 0 Å². The van der Waals surface area contributed by atoms with Crippen LogP contribution in [0, 0.1) is 11.8 Å². The Labute approximate surface area is 67.3 Å². The molecule has 11 heavy (non-hydrogen) atoms. The first kappa shape index (κ1) is 9.00. The third kappa shape index (κ3) is 2.79. The average Bonchev–Trinajstić information content (AvgIpc) is 1.75. The van der Waals surface area contributed by atoms with E-state index >= 15 is 0 Å². The highest BCUT2D eigenvalue weighted by Gasteiger charge is 2.30. The Kier molecular flexibility index (Phi) is 2.54. The van der Waals surface area contributed by atoms with Crippen LogP contribution in [0.1, 0.15) is 12.8 Å². The minimum Gasteiger partial charge on any atom is -0.396 e. The number of hydrogen-bond acceptors (Lipinski definition) is 3. The molecule has 1 saturated carbocycles. The Morgan fingerprint density at radius 2 is 1.91 bits per heavy atom. The van der Waals surface area contributed by atoms with E-state index in [1.165, 1.54) is 6.26 Å². The molecule has 0 aliphatic heterocycles. The number of hydrogen-bond donors (Lipinski definition) is 1. The Balaban J connectivity index is 2.24. The highest BCUT2D eigenvalue weighted by molar-refractivity contribution is 7.90. The summed E-state index contributed by atoms with van der Waals surface area (Å²) in [6, 6.07) is 0. The summed E-state index contributed by atoms with van der Waals surface area (Å²) in [6.07, 6.45) is 3.02. The fourth-order valence-electron chi connectivity index (χ4n) is 1.59. The summed E-state index contributed by atoms with van der Waals surface area (Å²) in [7, 11) is -2.80. The fourth-order valence-corrected chi connectivity index (χ4v) is 2.72. The molecule has 0 bridgehead atoms. The number of aliphatic hydroxyl groups excluding tert-OH is 1. The molecule has 1 N–H and O–H groups in total. The van der Waals surface area contributed by atoms with Gasteiger partial charge in [-0.1, -0.05) is 0 Å². The predicted octanol–water partition coefficient (Wildman–Crippen LogP) is 0.0495. The Morgan fingerprint density at radius 3 is 2.27 bits per heavy atom. The average molecular weight is 178 g/mol. The van der Waals surface area contributed by atoms with E-state index in [9.17, 15) is 8.42 Å². The van der Waals surface area contributed by atoms with Crippen LogP contribution in [-0.4, -0.2) is 32.1 Å². The lowest BCUT2D eigenvalue weighted by atomic mass is 9.77. The van der Waals surface area contributed by atoms with E-state index in [1.807, 2.05) is 0 Å². The van der Waals surface area contributed by atoms with Gasteiger partial charge in [0.25, 0.3) is 0 Å². The van der Waals surface area contributed by atoms with Crippen LogP contribution < -0.4 is 0 Å². The van der Waals surface area contributed by atoms with Crippen LogP contribution >= 0.6 is 0 Å². The van der Waals surface area contributed by atoms with Crippen LogP contribution in [0.15, 0.2) is 0 Å². The number of aliphatic hydroxyl groups is 1. The molecule has 1 aliphatic rings. The maximum atomic E-state index is 10.8. The Bertz CT molecular complexity index is 214. The van der Waals surface area contributed by atoms with Crippen molar-refractivity contribution in [1.29, 1.82) is 0 Å². The van der Waals surface area contributed by atoms with E-state index in [1.54, 1.807) is 0 Å². The van der Waals surface area contributed by atoms with Crippen molar-refractivity contribution in [1.82, 2.24) is 0 Å². The molecule has 0 spiro atoms. The second-order valence-electron chi connectivity index (χ2n) is 3.48. The topological polar surface area (TPSA) is 54.4 Å². The molecular weight excluding hydrogens is 164 g/mol. The van der Waals surface area contributed by atoms with Crippen LogP contribution in [0.5, 0.6) is 0 Å². The van der Waals surface area contributed by atoms with E-state index < -0.39 is 9.84 Å². The zero-order chi connectivity index (χ0) is 8.48. The molecule has 3 nitrogen and oxygen atoms in total. The first-order valence-electron chi connectivity index (χ1n) is 3.80. The summed E-state index contributed by atoms with van der Waals surface area (Å²) in [5.41, 5.74) is 0. The maximum absolute atomic E-state index is 10.8. The van der Waals surface area contributed by atoms with E-state index in [0.29, 0.717) is 17.6 Å². The molecule has 0 heterocycles. The lowest BCUT2D eigenvalue weighted by molar-refractivity contribution is 0.118. The highest BCUT2D eigenvalue weighted by Crippen LogP contribution is 2.33. The molecule has 1 aliphatic carbocycles. The smallest absolute Gasteiger partial charge is 0.147 e. The van der Waals surface area contributed by atoms with Gasteiger partial charge in [0.2, 0.25) is 0 Å². The second kappa shape index (κ2) is 3.11. The van der Waals surface area contributed by atoms with Crippen molar-refractivity contribution in [2.24, 2.45) is 11.8 Å². The molecular formula is C7H14O3S. The quantitative estimate of drug-likeness (QED) is 0.664. The summed E-state index contributed by atoms with van der Waals surface area (Å²) in [5.74, 6) is 0.965. The number of sulfone groups is 1. The molecule has 0 aromatic rings. The highest BCUT2D eigenvalue weighted by atomic mass is 32.2. The number of rotatable bonds is 3. The van der Waals surface area contributed by atoms with Crippen molar-refractivity contribution >= 4 is 9.84 Å². The van der Waals surface area contributed by atoms with Crippen molar-refractivity contribution < 1.29 is 13.5 Å². The lowest BCUT2D eigenvalue weighted by Gasteiger charge is -2.33. The normalized spacial score (nSPS) is 31.5. The van der Waals surface area contributed by atoms with Crippen LogP contribution in [0.2, 0.25) is 0 Å². The van der Waals surface area contributed by atoms with Crippen LogP contribution in [0.3, 0.4) is 0 Å². The molecule has 0 aromatic heterocycles. The largest absolute Gasteiger partial charge is 0.396 e. The van der Waals surface area contributed by atoms with Crippen LogP contribution in [0.4, 0.5) is 0 Å². The standard InChI is InChI=1S/C7H14O3S/c1-11(9,10)5-7-2-6(3-7)4-8/h6-8H,2-5H2,1H3. The van der Waals surface area contributed by atoms with Gasteiger partial charge in [-0.05, 0) is 24.7 Å². The van der Waals surface area contributed by atoms with Gasteiger partial charge in [0.05, 0.1) is 5.75 Å². The monoisotopic (exact) mass is 178 g/mol. The van der Waals surface area contributed by atoms with Gasteiger partial charge in [0.15, 0.2) is 0 Å². The molecule has 4 heteroatoms. The van der Waals surface area contributed by atoms with E-state index in [2.05, 4.69) is 0 Å². The zero-order valence-electron chi connectivity index (χ0n) is 6.66. The molecule has 1 rings (SSSR count). The Morgan fingerprint density at radius 1 is 1.36 bits per heavy atom. The van der Waals surface area contributed by atoms with Gasteiger partial charge in [0.1, 0.15) is 9.84 Å². The summed E-state index contributed by atoms with van der Waals surface area (Å²) in [5, 5.41) is 8.65. The molecule has 0 radical (unpaired) electrons. The van der Waals surface area contributed by atoms with Gasteiger partial charge in [-0.15, -0.1) is 0 Å². The molecule has 1 fully saturated rings. The Hall–Kier alpha value is -0.0900. The van der Waals surface area contributed by atoms with Crippen molar-refractivity contribution in [3.8, 4) is 0 Å². The molecule has 0 amide bonds. The minimum absolute atomic E-state index is 0.209. The van der Waals surface area contributed by atoms with Gasteiger partial charge < -0.3 is 5.11 Å². The molecule has 0 aromatic carbocycles. The molecule has 0 saturated heterocycles. The van der Waals surface area contributed by atoms with Gasteiger partial charge in [0, 0.05) is 12.9 Å². The third-order valence-electron chi connectivity index (χ3n) is 2.13. The van der Waals surface area contributed by atoms with E-state index in [4.69, 9.17) is 5.11 Å². The van der Waals surface area contributed by atoms with E-state index in [-0.39, 0.29) is 6.61 Å². The van der Waals surface area contributed by atoms with E-state index in [0.717, 1.165) is 12.8 Å². The predicted molar refractivity (Wildman–Crippen MR) is 43.0 cm³/mol. The second-order valence-corrected chi connectivity index (χ2v) is 5.66. The first-order chi connectivity index (χ1) is 5.01. The van der Waals surface area contributed by atoms with Crippen molar-refractivity contribution in [2.45, 2.75) is 12.8 Å². The maximum Gasteiger partial charge on any atom is 0.147 e. The minimum atomic E-state index is -2.80. The summed E-state index contributed by atoms with van der Waals surface area (Å²) >= 11 is 0. The first-order valence-corrected chi connectivity index (χ1v) is 5.86. The van der Waals surface area contributed by atoms with Crippen LogP contribution in [-0.2, 0) is 9.84 Å². The molecule has 66 valence electrons. The van der Waals surface area contributed by atoms with Gasteiger partial charge >= 0.3 is 0 Å². The summed E-state index contributed by atoms with van der Waals surface area (Å²) < 4.78 is 21.5. The fraction of sp³-hybridized carbons (Fsp3) is 1.00. The summed E-state index contributed by atoms with van der Waals surface area (Å²) in [4.78, 5) is 0. The lowest BCUT2D eigenvalue weighted by Crippen LogP contribution is -2.31. The van der Waals surface area contributed by atoms with Crippen molar-refractivity contribution in [3.05, 3.63) is 0 Å². The van der Waals surface area contributed by atoms with Gasteiger partial charge in [-0.25, -0.2) is 8.42 Å². The molecule has 0 unspecified atom stereocenters. The van der Waals surface area contributed by atoms with Crippen LogP contribution in [0.25, 0.3) is 0 Å². The third-order valence-corrected chi connectivity index (χ3v) is 3.21. The molecule has 0 atom stereocenters. The van der Waals surface area contributed by atoms with Crippen molar-refractivity contribution in [2.75, 3.05) is 18.6 Å². The zero-order valence-corrected chi connectivity index (χ0v) is 7.47. The van der Waals surface area contributed by atoms with Crippen molar-refractivity contribution in [3.63, 3.8) is 0 Å². The SMILES string of the molecule is CS(=O)(=O)CC1CC(CO)C1.